The Kier molecular flexibility index (Phi) is 3.51. The monoisotopic (exact) mass is 385 g/mol. The molecular weight excluding hydrogens is 374 g/mol. The molecule has 0 saturated heterocycles. The minimum absolute atomic E-state index is 0.740. The van der Waals surface area contributed by atoms with Crippen molar-refractivity contribution in [3.05, 3.63) is 70.4 Å². The highest BCUT2D eigenvalue weighted by Crippen LogP contribution is 2.27. The second-order valence-electron chi connectivity index (χ2n) is 5.42. The molecule has 0 bridgehead atoms. The number of imidazole rings is 2. The van der Waals surface area contributed by atoms with Crippen LogP contribution >= 0.6 is 27.5 Å². The van der Waals surface area contributed by atoms with Crippen molar-refractivity contribution < 1.29 is 0 Å². The van der Waals surface area contributed by atoms with E-state index in [1.54, 1.807) is 0 Å². The minimum atomic E-state index is 0.740. The van der Waals surface area contributed by atoms with E-state index in [1.165, 1.54) is 0 Å². The molecule has 2 aromatic heterocycles. The average molecular weight is 387 g/mol. The van der Waals surface area contributed by atoms with Gasteiger partial charge < -0.3 is 4.57 Å². The van der Waals surface area contributed by atoms with Crippen LogP contribution in [0.5, 0.6) is 0 Å². The van der Waals surface area contributed by atoms with Crippen LogP contribution in [0.25, 0.3) is 28.3 Å². The van der Waals surface area contributed by atoms with Crippen LogP contribution < -0.4 is 0 Å². The van der Waals surface area contributed by atoms with Gasteiger partial charge in [-0.15, -0.1) is 0 Å². The van der Waals surface area contributed by atoms with Crippen LogP contribution in [-0.2, 0) is 7.05 Å². The first-order chi connectivity index (χ1) is 11.1. The van der Waals surface area contributed by atoms with Crippen LogP contribution in [0, 0.1) is 0 Å². The molecule has 5 heteroatoms. The van der Waals surface area contributed by atoms with E-state index < -0.39 is 0 Å². The lowest BCUT2D eigenvalue weighted by Gasteiger charge is -2.03. The fourth-order valence-electron chi connectivity index (χ4n) is 2.73. The predicted molar refractivity (Wildman–Crippen MR) is 97.7 cm³/mol. The first kappa shape index (κ1) is 14.5. The zero-order valence-electron chi connectivity index (χ0n) is 12.4. The van der Waals surface area contributed by atoms with E-state index in [0.29, 0.717) is 0 Å². The second kappa shape index (κ2) is 5.55. The smallest absolute Gasteiger partial charge is 0.214 e. The van der Waals surface area contributed by atoms with E-state index >= 15 is 0 Å². The number of fused-ring (bicyclic) bond motifs is 1. The van der Waals surface area contributed by atoms with Crippen molar-refractivity contribution >= 4 is 33.3 Å². The zero-order valence-corrected chi connectivity index (χ0v) is 14.7. The van der Waals surface area contributed by atoms with Gasteiger partial charge in [-0.2, -0.15) is 0 Å². The molecule has 2 aromatic carbocycles. The highest BCUT2D eigenvalue weighted by atomic mass is 79.9. The van der Waals surface area contributed by atoms with Gasteiger partial charge in [0, 0.05) is 34.5 Å². The summed E-state index contributed by atoms with van der Waals surface area (Å²) >= 11 is 9.48. The van der Waals surface area contributed by atoms with E-state index in [0.717, 1.165) is 37.8 Å². The number of halogens is 2. The summed E-state index contributed by atoms with van der Waals surface area (Å²) < 4.78 is 5.19. The number of hydrogen-bond donors (Lipinski definition) is 0. The number of hydrogen-bond acceptors (Lipinski definition) is 1. The lowest BCUT2D eigenvalue weighted by Crippen LogP contribution is -1.92. The lowest BCUT2D eigenvalue weighted by atomic mass is 10.1. The number of aryl methyl sites for hydroxylation is 1. The molecule has 0 spiro atoms. The molecule has 4 rings (SSSR count). The molecule has 2 heterocycles. The summed E-state index contributed by atoms with van der Waals surface area (Å²) in [6, 6.07) is 16.0. The van der Waals surface area contributed by atoms with Crippen LogP contribution in [0.15, 0.2) is 65.4 Å². The maximum Gasteiger partial charge on any atom is 0.214 e. The third-order valence-electron chi connectivity index (χ3n) is 3.90. The summed E-state index contributed by atoms with van der Waals surface area (Å²) in [5.41, 5.74) is 4.27. The third kappa shape index (κ3) is 2.58. The van der Waals surface area contributed by atoms with Gasteiger partial charge in [-0.1, -0.05) is 51.8 Å². The van der Waals surface area contributed by atoms with Gasteiger partial charge in [0.2, 0.25) is 5.78 Å². The Morgan fingerprint density at radius 3 is 2.48 bits per heavy atom. The Hall–Kier alpha value is -2.04. The topological polar surface area (TPSA) is 22.2 Å². The van der Waals surface area contributed by atoms with Crippen molar-refractivity contribution in [1.29, 1.82) is 0 Å². The van der Waals surface area contributed by atoms with Crippen LogP contribution in [0.1, 0.15) is 0 Å². The van der Waals surface area contributed by atoms with E-state index in [4.69, 9.17) is 16.6 Å². The number of aromatic nitrogens is 3. The van der Waals surface area contributed by atoms with Gasteiger partial charge in [0.1, 0.15) is 0 Å². The van der Waals surface area contributed by atoms with Crippen molar-refractivity contribution in [3.63, 3.8) is 0 Å². The van der Waals surface area contributed by atoms with Gasteiger partial charge in [0.15, 0.2) is 0 Å². The van der Waals surface area contributed by atoms with Gasteiger partial charge in [0.25, 0.3) is 0 Å². The summed E-state index contributed by atoms with van der Waals surface area (Å²) in [6.07, 6.45) is 4.14. The van der Waals surface area contributed by atoms with Crippen molar-refractivity contribution in [3.8, 4) is 22.5 Å². The van der Waals surface area contributed by atoms with Crippen LogP contribution in [-0.4, -0.2) is 14.0 Å². The van der Waals surface area contributed by atoms with Crippen LogP contribution in [0.4, 0.5) is 0 Å². The second-order valence-corrected chi connectivity index (χ2v) is 6.78. The maximum absolute atomic E-state index is 5.97. The SMILES string of the molecule is Cn1c(-c2ccc(Cl)cc2)cn2cc(-c3cccc(Br)c3)nc12. The largest absolute Gasteiger partial charge is 0.313 e. The summed E-state index contributed by atoms with van der Waals surface area (Å²) in [5.74, 6) is 0.907. The Labute approximate surface area is 147 Å². The van der Waals surface area contributed by atoms with Crippen molar-refractivity contribution in [2.24, 2.45) is 7.05 Å². The van der Waals surface area contributed by atoms with Crippen molar-refractivity contribution in [1.82, 2.24) is 14.0 Å². The fourth-order valence-corrected chi connectivity index (χ4v) is 3.25. The summed E-state index contributed by atoms with van der Waals surface area (Å²) in [4.78, 5) is 4.77. The number of rotatable bonds is 2. The third-order valence-corrected chi connectivity index (χ3v) is 4.64. The molecule has 0 aliphatic heterocycles. The Bertz CT molecular complexity index is 999. The van der Waals surface area contributed by atoms with Gasteiger partial charge in [-0.3, -0.25) is 4.40 Å². The highest BCUT2D eigenvalue weighted by Gasteiger charge is 2.12. The highest BCUT2D eigenvalue weighted by molar-refractivity contribution is 9.10. The van der Waals surface area contributed by atoms with Crippen molar-refractivity contribution in [2.75, 3.05) is 0 Å². The Balaban J connectivity index is 1.81. The molecule has 23 heavy (non-hydrogen) atoms. The molecule has 0 amide bonds. The first-order valence-corrected chi connectivity index (χ1v) is 8.35. The van der Waals surface area contributed by atoms with E-state index in [1.807, 2.05) is 43.4 Å². The minimum Gasteiger partial charge on any atom is -0.313 e. The van der Waals surface area contributed by atoms with E-state index in [2.05, 4.69) is 49.4 Å². The quantitative estimate of drug-likeness (QED) is 0.451. The normalized spacial score (nSPS) is 11.3. The molecule has 0 radical (unpaired) electrons. The predicted octanol–water partition coefficient (Wildman–Crippen LogP) is 5.42. The van der Waals surface area contributed by atoms with Gasteiger partial charge >= 0.3 is 0 Å². The first-order valence-electron chi connectivity index (χ1n) is 7.18. The van der Waals surface area contributed by atoms with Crippen LogP contribution in [0.2, 0.25) is 5.02 Å². The molecule has 0 unspecified atom stereocenters. The molecule has 114 valence electrons. The number of nitrogens with zero attached hydrogens (tertiary/aromatic N) is 3. The summed E-state index contributed by atoms with van der Waals surface area (Å²) in [6.45, 7) is 0. The van der Waals surface area contributed by atoms with Crippen LogP contribution in [0.3, 0.4) is 0 Å². The van der Waals surface area contributed by atoms with Gasteiger partial charge in [0.05, 0.1) is 11.4 Å². The standard InChI is InChI=1S/C18H13BrClN3/c1-22-17(12-5-7-15(20)8-6-12)11-23-10-16(21-18(22)23)13-3-2-4-14(19)9-13/h2-11H,1H3. The Morgan fingerprint density at radius 1 is 1.00 bits per heavy atom. The van der Waals surface area contributed by atoms with Gasteiger partial charge in [-0.25, -0.2) is 4.98 Å². The fraction of sp³-hybridized carbons (Fsp3) is 0.0556. The molecule has 0 aliphatic rings. The zero-order chi connectivity index (χ0) is 16.0. The van der Waals surface area contributed by atoms with Crippen molar-refractivity contribution in [2.45, 2.75) is 0 Å². The average Bonchev–Trinajstić information content (AvgIpc) is 3.08. The van der Waals surface area contributed by atoms with Gasteiger partial charge in [-0.05, 0) is 29.8 Å². The summed E-state index contributed by atoms with van der Waals surface area (Å²) in [7, 11) is 2.02. The molecule has 0 saturated carbocycles. The molecule has 0 aliphatic carbocycles. The molecule has 0 atom stereocenters. The van der Waals surface area contributed by atoms with E-state index in [9.17, 15) is 0 Å². The molecular formula is C18H13BrClN3. The molecule has 0 fully saturated rings. The maximum atomic E-state index is 5.97. The number of benzene rings is 2. The Morgan fingerprint density at radius 2 is 1.78 bits per heavy atom. The molecule has 4 aromatic rings. The lowest BCUT2D eigenvalue weighted by molar-refractivity contribution is 0.945. The van der Waals surface area contributed by atoms with E-state index in [-0.39, 0.29) is 0 Å². The molecule has 3 nitrogen and oxygen atoms in total. The summed E-state index contributed by atoms with van der Waals surface area (Å²) in [5, 5.41) is 0.740. The molecule has 0 N–H and O–H groups in total.